The third kappa shape index (κ3) is 3.81. The predicted molar refractivity (Wildman–Crippen MR) is 109 cm³/mol. The number of aryl methyl sites for hydroxylation is 1. The van der Waals surface area contributed by atoms with Gasteiger partial charge in [-0.3, -0.25) is 14.6 Å². The Hall–Kier alpha value is -3.80. The normalized spacial score (nSPS) is 10.7. The van der Waals surface area contributed by atoms with Gasteiger partial charge in [0.25, 0.3) is 5.56 Å². The summed E-state index contributed by atoms with van der Waals surface area (Å²) in [6.07, 6.45) is 4.48. The minimum atomic E-state index is -0.223. The molecule has 0 fully saturated rings. The summed E-state index contributed by atoms with van der Waals surface area (Å²) in [5, 5.41) is 11.0. The van der Waals surface area contributed by atoms with Gasteiger partial charge in [-0.1, -0.05) is 36.4 Å². The molecule has 6 heteroatoms. The van der Waals surface area contributed by atoms with E-state index >= 15 is 0 Å². The quantitative estimate of drug-likeness (QED) is 0.562. The van der Waals surface area contributed by atoms with Crippen LogP contribution in [0.2, 0.25) is 0 Å². The number of anilines is 1. The maximum absolute atomic E-state index is 12.3. The highest BCUT2D eigenvalue weighted by Crippen LogP contribution is 2.26. The van der Waals surface area contributed by atoms with Gasteiger partial charge < -0.3 is 5.32 Å². The lowest BCUT2D eigenvalue weighted by Gasteiger charge is -2.09. The summed E-state index contributed by atoms with van der Waals surface area (Å²) in [4.78, 5) is 28.3. The number of benzene rings is 2. The second-order valence-corrected chi connectivity index (χ2v) is 6.44. The highest BCUT2D eigenvalue weighted by atomic mass is 16.1. The van der Waals surface area contributed by atoms with Crippen LogP contribution in [0.3, 0.4) is 0 Å². The van der Waals surface area contributed by atoms with E-state index in [0.717, 1.165) is 16.5 Å². The van der Waals surface area contributed by atoms with Crippen LogP contribution in [0.4, 0.5) is 5.69 Å². The van der Waals surface area contributed by atoms with Gasteiger partial charge in [-0.2, -0.15) is 5.10 Å². The van der Waals surface area contributed by atoms with Crippen LogP contribution < -0.4 is 10.9 Å². The van der Waals surface area contributed by atoms with Crippen LogP contribution in [0.15, 0.2) is 77.9 Å². The van der Waals surface area contributed by atoms with Gasteiger partial charge in [-0.15, -0.1) is 0 Å². The highest BCUT2D eigenvalue weighted by Gasteiger charge is 2.10. The lowest BCUT2D eigenvalue weighted by atomic mass is 10.0. The van der Waals surface area contributed by atoms with Gasteiger partial charge in [-0.05, 0) is 36.2 Å². The first-order chi connectivity index (χ1) is 13.7. The zero-order chi connectivity index (χ0) is 19.3. The predicted octanol–water partition coefficient (Wildman–Crippen LogP) is 3.56. The molecule has 0 spiro atoms. The molecule has 2 N–H and O–H groups in total. The summed E-state index contributed by atoms with van der Waals surface area (Å²) < 4.78 is 0. The van der Waals surface area contributed by atoms with Crippen LogP contribution in [0, 0.1) is 0 Å². The van der Waals surface area contributed by atoms with Crippen LogP contribution in [-0.4, -0.2) is 21.1 Å². The van der Waals surface area contributed by atoms with Gasteiger partial charge in [0.1, 0.15) is 0 Å². The van der Waals surface area contributed by atoms with Crippen molar-refractivity contribution in [1.29, 1.82) is 0 Å². The molecule has 0 aliphatic rings. The molecule has 4 aromatic rings. The van der Waals surface area contributed by atoms with Gasteiger partial charge in [0, 0.05) is 35.5 Å². The summed E-state index contributed by atoms with van der Waals surface area (Å²) in [5.41, 5.74) is 2.97. The largest absolute Gasteiger partial charge is 0.326 e. The number of hydrogen-bond acceptors (Lipinski definition) is 4. The highest BCUT2D eigenvalue weighted by molar-refractivity contribution is 5.95. The molecule has 1 amide bonds. The molecular weight excluding hydrogens is 352 g/mol. The Labute approximate surface area is 161 Å². The average Bonchev–Trinajstić information content (AvgIpc) is 2.74. The number of nitrogens with zero attached hydrogens (tertiary/aromatic N) is 2. The zero-order valence-electron chi connectivity index (χ0n) is 15.1. The van der Waals surface area contributed by atoms with Crippen LogP contribution in [0.5, 0.6) is 0 Å². The molecular formula is C22H18N4O2. The minimum absolute atomic E-state index is 0.0692. The second kappa shape index (κ2) is 7.84. The smallest absolute Gasteiger partial charge is 0.272 e. The van der Waals surface area contributed by atoms with E-state index in [4.69, 9.17) is 0 Å². The molecule has 2 heterocycles. The number of fused-ring (bicyclic) bond motifs is 1. The lowest BCUT2D eigenvalue weighted by Crippen LogP contribution is -2.12. The molecule has 0 saturated carbocycles. The van der Waals surface area contributed by atoms with Crippen LogP contribution in [0.25, 0.3) is 22.0 Å². The first kappa shape index (κ1) is 17.6. The Morgan fingerprint density at radius 2 is 1.86 bits per heavy atom. The Kier molecular flexibility index (Phi) is 4.93. The number of aromatic amines is 1. The van der Waals surface area contributed by atoms with Crippen LogP contribution in [-0.2, 0) is 11.2 Å². The number of hydrogen-bond donors (Lipinski definition) is 2. The molecule has 0 bridgehead atoms. The molecule has 0 saturated heterocycles. The fourth-order valence-electron chi connectivity index (χ4n) is 3.11. The Morgan fingerprint density at radius 3 is 2.68 bits per heavy atom. The summed E-state index contributed by atoms with van der Waals surface area (Å²) in [5.74, 6) is -0.0692. The summed E-state index contributed by atoms with van der Waals surface area (Å²) in [6, 6.07) is 18.6. The van der Waals surface area contributed by atoms with Crippen molar-refractivity contribution in [1.82, 2.24) is 15.2 Å². The van der Waals surface area contributed by atoms with E-state index in [1.807, 2.05) is 54.6 Å². The van der Waals surface area contributed by atoms with Gasteiger partial charge >= 0.3 is 0 Å². The van der Waals surface area contributed by atoms with Gasteiger partial charge in [0.05, 0.1) is 11.1 Å². The molecule has 138 valence electrons. The Bertz CT molecular complexity index is 1190. The zero-order valence-corrected chi connectivity index (χ0v) is 15.1. The van der Waals surface area contributed by atoms with Crippen LogP contribution >= 0.6 is 0 Å². The topological polar surface area (TPSA) is 87.7 Å². The standard InChI is InChI=1S/C22H18N4O2/c27-20(11-10-15-5-4-12-23-14-15)24-17-7-3-6-16(13-17)21-18-8-1-2-9-19(18)22(28)26-25-21/h1-9,12-14H,10-11H2,(H,24,27)(H,26,28). The number of carbonyl (C=O) groups is 1. The molecule has 0 aliphatic heterocycles. The number of rotatable bonds is 5. The van der Waals surface area contributed by atoms with E-state index in [0.29, 0.717) is 29.6 Å². The van der Waals surface area contributed by atoms with Crippen molar-refractivity contribution in [2.75, 3.05) is 5.32 Å². The molecule has 28 heavy (non-hydrogen) atoms. The molecule has 2 aromatic heterocycles. The van der Waals surface area contributed by atoms with Crippen molar-refractivity contribution < 1.29 is 4.79 Å². The van der Waals surface area contributed by atoms with Crippen molar-refractivity contribution in [2.45, 2.75) is 12.8 Å². The lowest BCUT2D eigenvalue weighted by molar-refractivity contribution is -0.116. The number of pyridine rings is 1. The number of amides is 1. The van der Waals surface area contributed by atoms with Gasteiger partial charge in [0.15, 0.2) is 0 Å². The minimum Gasteiger partial charge on any atom is -0.326 e. The van der Waals surface area contributed by atoms with Crippen molar-refractivity contribution in [2.24, 2.45) is 0 Å². The van der Waals surface area contributed by atoms with Crippen molar-refractivity contribution >= 4 is 22.4 Å². The fourth-order valence-corrected chi connectivity index (χ4v) is 3.11. The number of aromatic nitrogens is 3. The van der Waals surface area contributed by atoms with E-state index in [-0.39, 0.29) is 11.5 Å². The fraction of sp³-hybridized carbons (Fsp3) is 0.0909. The van der Waals surface area contributed by atoms with E-state index < -0.39 is 0 Å². The van der Waals surface area contributed by atoms with Crippen molar-refractivity contribution in [3.8, 4) is 11.3 Å². The Morgan fingerprint density at radius 1 is 1.00 bits per heavy atom. The third-order valence-electron chi connectivity index (χ3n) is 4.48. The molecule has 0 radical (unpaired) electrons. The van der Waals surface area contributed by atoms with E-state index in [1.54, 1.807) is 18.5 Å². The first-order valence-corrected chi connectivity index (χ1v) is 8.97. The van der Waals surface area contributed by atoms with Crippen molar-refractivity contribution in [3.05, 3.63) is 89.0 Å². The molecule has 0 unspecified atom stereocenters. The molecule has 0 atom stereocenters. The van der Waals surface area contributed by atoms with Crippen molar-refractivity contribution in [3.63, 3.8) is 0 Å². The maximum atomic E-state index is 12.3. The number of carbonyl (C=O) groups excluding carboxylic acids is 1. The number of nitrogens with one attached hydrogen (secondary N) is 2. The Balaban J connectivity index is 1.55. The molecule has 0 aliphatic carbocycles. The first-order valence-electron chi connectivity index (χ1n) is 8.97. The monoisotopic (exact) mass is 370 g/mol. The molecule has 2 aromatic carbocycles. The van der Waals surface area contributed by atoms with Gasteiger partial charge in [-0.25, -0.2) is 5.10 Å². The van der Waals surface area contributed by atoms with Gasteiger partial charge in [0.2, 0.25) is 5.91 Å². The van der Waals surface area contributed by atoms with E-state index in [1.165, 1.54) is 0 Å². The maximum Gasteiger partial charge on any atom is 0.272 e. The summed E-state index contributed by atoms with van der Waals surface area (Å²) in [7, 11) is 0. The van der Waals surface area contributed by atoms with E-state index in [9.17, 15) is 9.59 Å². The SMILES string of the molecule is O=C(CCc1cccnc1)Nc1cccc(-c2n[nH]c(=O)c3ccccc23)c1. The third-order valence-corrected chi connectivity index (χ3v) is 4.48. The average molecular weight is 370 g/mol. The molecule has 6 nitrogen and oxygen atoms in total. The number of H-pyrrole nitrogens is 1. The summed E-state index contributed by atoms with van der Waals surface area (Å²) >= 11 is 0. The van der Waals surface area contributed by atoms with E-state index in [2.05, 4.69) is 20.5 Å². The molecule has 4 rings (SSSR count). The van der Waals surface area contributed by atoms with Crippen LogP contribution in [0.1, 0.15) is 12.0 Å². The summed E-state index contributed by atoms with van der Waals surface area (Å²) in [6.45, 7) is 0. The second-order valence-electron chi connectivity index (χ2n) is 6.44.